The molecule has 124 valence electrons. The molecule has 6 atom stereocenters. The third-order valence-corrected chi connectivity index (χ3v) is 6.92. The molecule has 0 radical (unpaired) electrons. The zero-order valence-corrected chi connectivity index (χ0v) is 14.3. The largest absolute Gasteiger partial charge is 0.382 e. The van der Waals surface area contributed by atoms with Gasteiger partial charge in [-0.2, -0.15) is 0 Å². The molecule has 4 fully saturated rings. The van der Waals surface area contributed by atoms with Gasteiger partial charge in [-0.1, -0.05) is 27.4 Å². The maximum absolute atomic E-state index is 11.5. The summed E-state index contributed by atoms with van der Waals surface area (Å²) >= 11 is 0. The molecular weight excluding hydrogens is 280 g/mol. The van der Waals surface area contributed by atoms with Crippen molar-refractivity contribution >= 4 is 0 Å². The molecule has 4 rings (SSSR count). The number of ether oxygens (including phenoxy) is 3. The lowest BCUT2D eigenvalue weighted by molar-refractivity contribution is -0.199. The third-order valence-electron chi connectivity index (χ3n) is 6.92. The van der Waals surface area contributed by atoms with E-state index in [1.807, 2.05) is 13.8 Å². The Balaban J connectivity index is 1.90. The fourth-order valence-electron chi connectivity index (χ4n) is 5.89. The van der Waals surface area contributed by atoms with Crippen LogP contribution in [0.15, 0.2) is 12.2 Å². The van der Waals surface area contributed by atoms with Gasteiger partial charge in [0.1, 0.15) is 11.7 Å². The van der Waals surface area contributed by atoms with Gasteiger partial charge in [0.2, 0.25) is 0 Å². The van der Waals surface area contributed by atoms with Crippen LogP contribution in [-0.4, -0.2) is 41.4 Å². The van der Waals surface area contributed by atoms with E-state index in [1.54, 1.807) is 0 Å². The van der Waals surface area contributed by atoms with E-state index in [4.69, 9.17) is 14.2 Å². The fourth-order valence-corrected chi connectivity index (χ4v) is 5.89. The Kier molecular flexibility index (Phi) is 2.73. The number of aliphatic hydroxyl groups is 1. The normalized spacial score (nSPS) is 54.9. The Morgan fingerprint density at radius 1 is 1.14 bits per heavy atom. The minimum Gasteiger partial charge on any atom is -0.382 e. The maximum Gasteiger partial charge on any atom is 0.164 e. The summed E-state index contributed by atoms with van der Waals surface area (Å²) in [6.07, 6.45) is 1.82. The van der Waals surface area contributed by atoms with Crippen molar-refractivity contribution in [2.45, 2.75) is 77.2 Å². The Hall–Kier alpha value is -0.420. The summed E-state index contributed by atoms with van der Waals surface area (Å²) < 4.78 is 18.5. The molecule has 0 aromatic carbocycles. The SMILES string of the molecule is C=C1[C@@H]2OC(C)(C)O[C@@H]2[C@H]2C(C)(C)CC[C@@H]3OC[C@@]1(O)[C@@]32C. The number of hydrogen-bond acceptors (Lipinski definition) is 4. The molecule has 0 spiro atoms. The molecule has 1 N–H and O–H groups in total. The summed E-state index contributed by atoms with van der Waals surface area (Å²) in [7, 11) is 0. The molecule has 4 aliphatic rings. The van der Waals surface area contributed by atoms with Crippen LogP contribution >= 0.6 is 0 Å². The molecular formula is C18H28O4. The maximum atomic E-state index is 11.5. The van der Waals surface area contributed by atoms with Crippen molar-refractivity contribution in [2.75, 3.05) is 6.61 Å². The monoisotopic (exact) mass is 308 g/mol. The van der Waals surface area contributed by atoms with Gasteiger partial charge in [0.05, 0.1) is 18.8 Å². The second kappa shape index (κ2) is 3.97. The highest BCUT2D eigenvalue weighted by Gasteiger charge is 2.75. The van der Waals surface area contributed by atoms with Gasteiger partial charge in [0.15, 0.2) is 5.79 Å². The first-order valence-electron chi connectivity index (χ1n) is 8.42. The molecule has 4 heteroatoms. The van der Waals surface area contributed by atoms with Crippen LogP contribution in [0.3, 0.4) is 0 Å². The second-order valence-corrected chi connectivity index (χ2v) is 8.99. The molecule has 0 unspecified atom stereocenters. The molecule has 4 nitrogen and oxygen atoms in total. The summed E-state index contributed by atoms with van der Waals surface area (Å²) in [5.74, 6) is -0.448. The predicted molar refractivity (Wildman–Crippen MR) is 82.3 cm³/mol. The Morgan fingerprint density at radius 2 is 1.82 bits per heavy atom. The van der Waals surface area contributed by atoms with Crippen LogP contribution < -0.4 is 0 Å². The lowest BCUT2D eigenvalue weighted by Crippen LogP contribution is -2.69. The third kappa shape index (κ3) is 1.52. The summed E-state index contributed by atoms with van der Waals surface area (Å²) in [4.78, 5) is 0. The van der Waals surface area contributed by atoms with Crippen molar-refractivity contribution < 1.29 is 19.3 Å². The van der Waals surface area contributed by atoms with Gasteiger partial charge >= 0.3 is 0 Å². The highest BCUT2D eigenvalue weighted by molar-refractivity contribution is 5.36. The minimum atomic E-state index is -1.02. The van der Waals surface area contributed by atoms with Crippen LogP contribution in [0.1, 0.15) is 47.5 Å². The molecule has 0 bridgehead atoms. The molecule has 0 amide bonds. The van der Waals surface area contributed by atoms with E-state index >= 15 is 0 Å². The zero-order chi connectivity index (χ0) is 16.1. The van der Waals surface area contributed by atoms with Crippen molar-refractivity contribution in [1.29, 1.82) is 0 Å². The molecule has 0 aromatic heterocycles. The lowest BCUT2D eigenvalue weighted by Gasteiger charge is -2.61. The quantitative estimate of drug-likeness (QED) is 0.699. The smallest absolute Gasteiger partial charge is 0.164 e. The number of hydrogen-bond donors (Lipinski definition) is 1. The van der Waals surface area contributed by atoms with Crippen LogP contribution in [-0.2, 0) is 14.2 Å². The highest BCUT2D eigenvalue weighted by atomic mass is 16.8. The van der Waals surface area contributed by atoms with Crippen LogP contribution in [0.5, 0.6) is 0 Å². The molecule has 2 aliphatic carbocycles. The molecule has 2 saturated carbocycles. The summed E-state index contributed by atoms with van der Waals surface area (Å²) in [6.45, 7) is 15.2. The van der Waals surface area contributed by atoms with Crippen LogP contribution in [0.25, 0.3) is 0 Å². The van der Waals surface area contributed by atoms with Crippen molar-refractivity contribution in [3.05, 3.63) is 12.2 Å². The molecule has 2 heterocycles. The Bertz CT molecular complexity index is 539. The minimum absolute atomic E-state index is 0.0627. The summed E-state index contributed by atoms with van der Waals surface area (Å²) in [6, 6.07) is 0. The van der Waals surface area contributed by atoms with E-state index in [-0.39, 0.29) is 35.1 Å². The first kappa shape index (κ1) is 15.1. The van der Waals surface area contributed by atoms with E-state index in [2.05, 4.69) is 27.4 Å². The van der Waals surface area contributed by atoms with Crippen molar-refractivity contribution in [3.8, 4) is 0 Å². The van der Waals surface area contributed by atoms with Gasteiger partial charge in [-0.15, -0.1) is 0 Å². The molecule has 2 saturated heterocycles. The number of rotatable bonds is 0. The fraction of sp³-hybridized carbons (Fsp3) is 0.889. The second-order valence-electron chi connectivity index (χ2n) is 8.99. The van der Waals surface area contributed by atoms with Crippen LogP contribution in [0.2, 0.25) is 0 Å². The van der Waals surface area contributed by atoms with Gasteiger partial charge in [-0.25, -0.2) is 0 Å². The lowest BCUT2D eigenvalue weighted by atomic mass is 9.45. The number of fused-ring (bicyclic) bond motifs is 2. The van der Waals surface area contributed by atoms with Crippen molar-refractivity contribution in [1.82, 2.24) is 0 Å². The van der Waals surface area contributed by atoms with E-state index in [9.17, 15) is 5.11 Å². The molecule has 22 heavy (non-hydrogen) atoms. The van der Waals surface area contributed by atoms with E-state index < -0.39 is 11.4 Å². The summed E-state index contributed by atoms with van der Waals surface area (Å²) in [5, 5.41) is 11.5. The van der Waals surface area contributed by atoms with Gasteiger partial charge < -0.3 is 19.3 Å². The molecule has 0 aromatic rings. The zero-order valence-electron chi connectivity index (χ0n) is 14.3. The average molecular weight is 308 g/mol. The van der Waals surface area contributed by atoms with Crippen molar-refractivity contribution in [2.24, 2.45) is 16.7 Å². The van der Waals surface area contributed by atoms with Gasteiger partial charge in [-0.3, -0.25) is 0 Å². The standard InChI is InChI=1S/C18H28O4/c1-10-12-13(22-16(4,5)21-12)14-15(2,3)8-7-11-17(14,6)18(10,19)9-20-11/h11-14,19H,1,7-9H2,2-6H3/t11-,12-,13-,14-,17-,18-/m0/s1. The van der Waals surface area contributed by atoms with Gasteiger partial charge in [0.25, 0.3) is 0 Å². The summed E-state index contributed by atoms with van der Waals surface area (Å²) in [5.41, 5.74) is -0.579. The van der Waals surface area contributed by atoms with E-state index in [0.29, 0.717) is 6.61 Å². The van der Waals surface area contributed by atoms with Gasteiger partial charge in [0, 0.05) is 11.3 Å². The van der Waals surface area contributed by atoms with E-state index in [0.717, 1.165) is 18.4 Å². The first-order valence-corrected chi connectivity index (χ1v) is 8.42. The average Bonchev–Trinajstić information content (AvgIpc) is 2.83. The first-order chi connectivity index (χ1) is 10.0. The van der Waals surface area contributed by atoms with Crippen molar-refractivity contribution in [3.63, 3.8) is 0 Å². The predicted octanol–water partition coefficient (Wildman–Crippen LogP) is 2.65. The van der Waals surface area contributed by atoms with Gasteiger partial charge in [-0.05, 0) is 37.7 Å². The van der Waals surface area contributed by atoms with E-state index in [1.165, 1.54) is 0 Å². The van der Waals surface area contributed by atoms with Crippen LogP contribution in [0, 0.1) is 16.7 Å². The van der Waals surface area contributed by atoms with Crippen LogP contribution in [0.4, 0.5) is 0 Å². The molecule has 2 aliphatic heterocycles. The Labute approximate surface area is 132 Å². The topological polar surface area (TPSA) is 47.9 Å². The highest BCUT2D eigenvalue weighted by Crippen LogP contribution is 2.67. The Morgan fingerprint density at radius 3 is 2.50 bits per heavy atom.